The van der Waals surface area contributed by atoms with Crippen molar-refractivity contribution >= 4 is 0 Å². The first-order chi connectivity index (χ1) is 9.78. The molecule has 0 aromatic heterocycles. The molecule has 2 atom stereocenters. The highest BCUT2D eigenvalue weighted by Crippen LogP contribution is 2.50. The Hall–Kier alpha value is -2.11. The van der Waals surface area contributed by atoms with E-state index in [1.54, 1.807) is 0 Å². The number of hydrogen-bond acceptors (Lipinski definition) is 2. The van der Waals surface area contributed by atoms with Crippen LogP contribution in [0.25, 0.3) is 0 Å². The van der Waals surface area contributed by atoms with Gasteiger partial charge in [-0.05, 0) is 29.5 Å². The molecule has 0 saturated heterocycles. The molecule has 0 amide bonds. The minimum Gasteiger partial charge on any atom is -0.387 e. The van der Waals surface area contributed by atoms with Crippen LogP contribution in [0, 0.1) is 11.3 Å². The second-order valence-electron chi connectivity index (χ2n) is 5.46. The van der Waals surface area contributed by atoms with Gasteiger partial charge in [0.2, 0.25) is 0 Å². The number of aliphatic hydroxyl groups is 1. The van der Waals surface area contributed by atoms with E-state index < -0.39 is 6.10 Å². The molecule has 2 aromatic rings. The van der Waals surface area contributed by atoms with Crippen molar-refractivity contribution in [2.24, 2.45) is 0 Å². The van der Waals surface area contributed by atoms with E-state index in [4.69, 9.17) is 5.26 Å². The standard InChI is InChI=1S/C18H17NO/c19-12-6-11-18(15-8-2-1-3-9-15)13-14-7-4-5-10-16(14)17(18)20/h1-5,7-10,17,20H,6,11,13H2. The van der Waals surface area contributed by atoms with Crippen molar-refractivity contribution in [2.45, 2.75) is 30.8 Å². The summed E-state index contributed by atoms with van der Waals surface area (Å²) in [5, 5.41) is 19.8. The normalized spacial score (nSPS) is 24.1. The van der Waals surface area contributed by atoms with Gasteiger partial charge < -0.3 is 5.11 Å². The van der Waals surface area contributed by atoms with Crippen LogP contribution in [-0.2, 0) is 11.8 Å². The minimum absolute atomic E-state index is 0.360. The Morgan fingerprint density at radius 3 is 2.50 bits per heavy atom. The molecule has 0 fully saturated rings. The topological polar surface area (TPSA) is 44.0 Å². The first-order valence-corrected chi connectivity index (χ1v) is 6.96. The SMILES string of the molecule is N#CCCC1(c2ccccc2)Cc2ccccc2C1O. The zero-order chi connectivity index (χ0) is 14.0. The van der Waals surface area contributed by atoms with Crippen LogP contribution in [0.3, 0.4) is 0 Å². The predicted molar refractivity (Wildman–Crippen MR) is 78.1 cm³/mol. The fraction of sp³-hybridized carbons (Fsp3) is 0.278. The molecular formula is C18H17NO. The van der Waals surface area contributed by atoms with Gasteiger partial charge in [0.1, 0.15) is 0 Å². The predicted octanol–water partition coefficient (Wildman–Crippen LogP) is 3.52. The van der Waals surface area contributed by atoms with Gasteiger partial charge in [0.15, 0.2) is 0 Å². The summed E-state index contributed by atoms with van der Waals surface area (Å²) in [5.41, 5.74) is 2.97. The molecule has 1 N–H and O–H groups in total. The number of benzene rings is 2. The third-order valence-electron chi connectivity index (χ3n) is 4.41. The van der Waals surface area contributed by atoms with Gasteiger partial charge in [-0.1, -0.05) is 54.6 Å². The third kappa shape index (κ3) is 1.92. The fourth-order valence-corrected chi connectivity index (χ4v) is 3.37. The Labute approximate surface area is 119 Å². The molecule has 1 aliphatic carbocycles. The number of hydrogen-bond donors (Lipinski definition) is 1. The Kier molecular flexibility index (Phi) is 3.30. The van der Waals surface area contributed by atoms with E-state index in [1.807, 2.05) is 36.4 Å². The average molecular weight is 263 g/mol. The number of aliphatic hydroxyl groups excluding tert-OH is 1. The average Bonchev–Trinajstić information content (AvgIpc) is 2.80. The molecule has 0 bridgehead atoms. The van der Waals surface area contributed by atoms with Gasteiger partial charge in [0.05, 0.1) is 12.2 Å². The summed E-state index contributed by atoms with van der Waals surface area (Å²) in [5.74, 6) is 0. The van der Waals surface area contributed by atoms with Crippen LogP contribution in [0.4, 0.5) is 0 Å². The Morgan fingerprint density at radius 1 is 1.10 bits per heavy atom. The van der Waals surface area contributed by atoms with E-state index in [0.717, 1.165) is 17.5 Å². The van der Waals surface area contributed by atoms with Crippen molar-refractivity contribution in [2.75, 3.05) is 0 Å². The van der Waals surface area contributed by atoms with E-state index in [2.05, 4.69) is 24.3 Å². The van der Waals surface area contributed by atoms with Crippen molar-refractivity contribution in [3.63, 3.8) is 0 Å². The lowest BCUT2D eigenvalue weighted by Gasteiger charge is -2.33. The zero-order valence-electron chi connectivity index (χ0n) is 11.3. The molecule has 0 radical (unpaired) electrons. The highest BCUT2D eigenvalue weighted by molar-refractivity contribution is 5.44. The van der Waals surface area contributed by atoms with Crippen molar-refractivity contribution in [1.82, 2.24) is 0 Å². The zero-order valence-corrected chi connectivity index (χ0v) is 11.3. The fourth-order valence-electron chi connectivity index (χ4n) is 3.37. The van der Waals surface area contributed by atoms with Gasteiger partial charge in [0.25, 0.3) is 0 Å². The Balaban J connectivity index is 2.08. The lowest BCUT2D eigenvalue weighted by Crippen LogP contribution is -2.31. The van der Waals surface area contributed by atoms with Crippen LogP contribution in [0.2, 0.25) is 0 Å². The molecule has 2 unspecified atom stereocenters. The molecule has 2 heteroatoms. The smallest absolute Gasteiger partial charge is 0.0892 e. The number of rotatable bonds is 3. The van der Waals surface area contributed by atoms with Gasteiger partial charge in [-0.25, -0.2) is 0 Å². The summed E-state index contributed by atoms with van der Waals surface area (Å²) in [4.78, 5) is 0. The van der Waals surface area contributed by atoms with E-state index in [0.29, 0.717) is 12.8 Å². The van der Waals surface area contributed by atoms with Crippen LogP contribution >= 0.6 is 0 Å². The molecule has 2 nitrogen and oxygen atoms in total. The number of nitrogens with zero attached hydrogens (tertiary/aromatic N) is 1. The van der Waals surface area contributed by atoms with Gasteiger partial charge in [-0.2, -0.15) is 5.26 Å². The maximum absolute atomic E-state index is 10.9. The largest absolute Gasteiger partial charge is 0.387 e. The molecule has 0 heterocycles. The molecule has 0 saturated carbocycles. The van der Waals surface area contributed by atoms with E-state index in [9.17, 15) is 5.11 Å². The number of fused-ring (bicyclic) bond motifs is 1. The summed E-state index contributed by atoms with van der Waals surface area (Å²) >= 11 is 0. The van der Waals surface area contributed by atoms with Crippen molar-refractivity contribution in [3.05, 3.63) is 71.3 Å². The highest BCUT2D eigenvalue weighted by atomic mass is 16.3. The summed E-state index contributed by atoms with van der Waals surface area (Å²) in [7, 11) is 0. The van der Waals surface area contributed by atoms with Gasteiger partial charge in [0, 0.05) is 11.8 Å². The summed E-state index contributed by atoms with van der Waals surface area (Å²) in [6, 6.07) is 20.4. The van der Waals surface area contributed by atoms with Crippen LogP contribution in [-0.4, -0.2) is 5.11 Å². The molecule has 1 aliphatic rings. The van der Waals surface area contributed by atoms with Crippen molar-refractivity contribution in [3.8, 4) is 6.07 Å². The van der Waals surface area contributed by atoms with E-state index >= 15 is 0 Å². The molecule has 100 valence electrons. The second kappa shape index (κ2) is 5.11. The Bertz CT molecular complexity index is 644. The molecule has 2 aromatic carbocycles. The second-order valence-corrected chi connectivity index (χ2v) is 5.46. The van der Waals surface area contributed by atoms with Crippen LogP contribution in [0.5, 0.6) is 0 Å². The first kappa shape index (κ1) is 12.9. The van der Waals surface area contributed by atoms with Crippen LogP contribution in [0.15, 0.2) is 54.6 Å². The molecule has 20 heavy (non-hydrogen) atoms. The molecule has 3 rings (SSSR count). The quantitative estimate of drug-likeness (QED) is 0.920. The van der Waals surface area contributed by atoms with E-state index in [1.165, 1.54) is 5.56 Å². The lowest BCUT2D eigenvalue weighted by atomic mass is 9.72. The summed E-state index contributed by atoms with van der Waals surface area (Å²) < 4.78 is 0. The monoisotopic (exact) mass is 263 g/mol. The lowest BCUT2D eigenvalue weighted by molar-refractivity contribution is 0.0892. The molecular weight excluding hydrogens is 246 g/mol. The molecule has 0 aliphatic heterocycles. The summed E-state index contributed by atoms with van der Waals surface area (Å²) in [6.45, 7) is 0. The van der Waals surface area contributed by atoms with Crippen LogP contribution in [0.1, 0.15) is 35.6 Å². The maximum atomic E-state index is 10.9. The van der Waals surface area contributed by atoms with Gasteiger partial charge >= 0.3 is 0 Å². The molecule has 0 spiro atoms. The maximum Gasteiger partial charge on any atom is 0.0892 e. The van der Waals surface area contributed by atoms with E-state index in [-0.39, 0.29) is 5.41 Å². The van der Waals surface area contributed by atoms with Gasteiger partial charge in [-0.15, -0.1) is 0 Å². The third-order valence-corrected chi connectivity index (χ3v) is 4.41. The summed E-state index contributed by atoms with van der Waals surface area (Å²) in [6.07, 6.45) is 1.41. The first-order valence-electron chi connectivity index (χ1n) is 6.96. The van der Waals surface area contributed by atoms with Gasteiger partial charge in [-0.3, -0.25) is 0 Å². The minimum atomic E-state index is -0.533. The van der Waals surface area contributed by atoms with Crippen molar-refractivity contribution in [1.29, 1.82) is 5.26 Å². The Morgan fingerprint density at radius 2 is 1.80 bits per heavy atom. The number of nitriles is 1. The highest BCUT2D eigenvalue weighted by Gasteiger charge is 2.45. The van der Waals surface area contributed by atoms with Crippen molar-refractivity contribution < 1.29 is 5.11 Å². The van der Waals surface area contributed by atoms with Crippen LogP contribution < -0.4 is 0 Å².